The molecule has 126 valence electrons. The molecule has 0 heterocycles. The summed E-state index contributed by atoms with van der Waals surface area (Å²) in [4.78, 5) is 21.0. The number of hydrogen-bond donors (Lipinski definition) is 1. The fraction of sp³-hybridized carbons (Fsp3) is 0.100. The van der Waals surface area contributed by atoms with Crippen molar-refractivity contribution in [1.29, 1.82) is 0 Å². The van der Waals surface area contributed by atoms with Gasteiger partial charge in [-0.05, 0) is 18.1 Å². The van der Waals surface area contributed by atoms with Gasteiger partial charge in [-0.15, -0.1) is 0 Å². The Morgan fingerprint density at radius 2 is 1.83 bits per heavy atom. The number of aliphatic carboxylic acids is 1. The molecule has 0 fully saturated rings. The second-order valence-electron chi connectivity index (χ2n) is 4.54. The highest BCUT2D eigenvalue weighted by Crippen LogP contribution is 2.06. The first-order valence-corrected chi connectivity index (χ1v) is 7.11. The molecule has 0 aliphatic heterocycles. The smallest absolute Gasteiger partial charge is 0.335 e. The lowest BCUT2D eigenvalue weighted by molar-refractivity contribution is -0.136. The number of carbonyl (C=O) groups excluding carboxylic acids is 1. The third-order valence-corrected chi connectivity index (χ3v) is 2.66. The van der Waals surface area contributed by atoms with Crippen LogP contribution in [0, 0.1) is 0 Å². The monoisotopic (exact) mass is 326 g/mol. The lowest BCUT2D eigenvalue weighted by atomic mass is 10.1. The standard InChI is InChI=1S/C13H14O2.C7H8O2/c1-11(13(14)15-2)7-6-10-12-8-4-3-5-9-12;1-3-4-5-6(2)7(8)9/h3-6,8-10H,1,7H2,2H3;3-5H,1-2H2,(H,8,9). The van der Waals surface area contributed by atoms with Gasteiger partial charge in [0.25, 0.3) is 0 Å². The molecule has 0 radical (unpaired) electrons. The summed E-state index contributed by atoms with van der Waals surface area (Å²) in [6.07, 6.45) is 8.77. The third kappa shape index (κ3) is 9.73. The number of rotatable bonds is 7. The van der Waals surface area contributed by atoms with Crippen molar-refractivity contribution in [2.24, 2.45) is 0 Å². The molecule has 0 amide bonds. The van der Waals surface area contributed by atoms with E-state index in [0.717, 1.165) is 5.56 Å². The van der Waals surface area contributed by atoms with E-state index >= 15 is 0 Å². The van der Waals surface area contributed by atoms with Gasteiger partial charge in [-0.2, -0.15) is 0 Å². The average Bonchev–Trinajstić information content (AvgIpc) is 2.60. The molecule has 24 heavy (non-hydrogen) atoms. The Hall–Kier alpha value is -3.14. The molecule has 0 unspecified atom stereocenters. The van der Waals surface area contributed by atoms with Crippen LogP contribution >= 0.6 is 0 Å². The first-order valence-electron chi connectivity index (χ1n) is 7.11. The Morgan fingerprint density at radius 1 is 1.21 bits per heavy atom. The van der Waals surface area contributed by atoms with Gasteiger partial charge in [-0.1, -0.05) is 74.4 Å². The maximum Gasteiger partial charge on any atom is 0.335 e. The van der Waals surface area contributed by atoms with E-state index in [-0.39, 0.29) is 11.5 Å². The van der Waals surface area contributed by atoms with E-state index in [1.807, 2.05) is 42.5 Å². The van der Waals surface area contributed by atoms with Crippen LogP contribution in [0.4, 0.5) is 0 Å². The molecule has 1 N–H and O–H groups in total. The zero-order chi connectivity index (χ0) is 18.4. The van der Waals surface area contributed by atoms with E-state index < -0.39 is 5.97 Å². The molecular formula is C20H22O4. The van der Waals surface area contributed by atoms with Crippen molar-refractivity contribution < 1.29 is 19.4 Å². The van der Waals surface area contributed by atoms with Gasteiger partial charge in [0.15, 0.2) is 0 Å². The van der Waals surface area contributed by atoms with E-state index in [2.05, 4.69) is 24.5 Å². The first-order chi connectivity index (χ1) is 11.4. The summed E-state index contributed by atoms with van der Waals surface area (Å²) in [6, 6.07) is 9.89. The number of esters is 1. The molecule has 0 aromatic heterocycles. The second kappa shape index (κ2) is 12.4. The molecule has 1 aromatic rings. The van der Waals surface area contributed by atoms with Crippen LogP contribution < -0.4 is 0 Å². The van der Waals surface area contributed by atoms with Crippen LogP contribution in [0.3, 0.4) is 0 Å². The Balaban J connectivity index is 0.000000506. The van der Waals surface area contributed by atoms with Crippen molar-refractivity contribution in [2.75, 3.05) is 7.11 Å². The normalized spacial score (nSPS) is 9.88. The molecular weight excluding hydrogens is 304 g/mol. The summed E-state index contributed by atoms with van der Waals surface area (Å²) in [5.41, 5.74) is 1.63. The summed E-state index contributed by atoms with van der Waals surface area (Å²) >= 11 is 0. The largest absolute Gasteiger partial charge is 0.478 e. The third-order valence-electron chi connectivity index (χ3n) is 2.66. The van der Waals surface area contributed by atoms with Gasteiger partial charge in [0.1, 0.15) is 0 Å². The molecule has 4 heteroatoms. The van der Waals surface area contributed by atoms with Gasteiger partial charge in [0.05, 0.1) is 12.7 Å². The van der Waals surface area contributed by atoms with E-state index in [0.29, 0.717) is 12.0 Å². The number of allylic oxidation sites excluding steroid dienone is 3. The van der Waals surface area contributed by atoms with Gasteiger partial charge in [-0.25, -0.2) is 9.59 Å². The number of benzene rings is 1. The van der Waals surface area contributed by atoms with Crippen LogP contribution in [0.1, 0.15) is 12.0 Å². The van der Waals surface area contributed by atoms with Crippen LogP contribution in [-0.4, -0.2) is 24.2 Å². The number of methoxy groups -OCH3 is 1. The Kier molecular flexibility index (Phi) is 10.8. The Bertz CT molecular complexity index is 637. The zero-order valence-corrected chi connectivity index (χ0v) is 13.8. The summed E-state index contributed by atoms with van der Waals surface area (Å²) < 4.78 is 4.54. The maximum atomic E-state index is 11.0. The summed E-state index contributed by atoms with van der Waals surface area (Å²) in [7, 11) is 1.36. The van der Waals surface area contributed by atoms with E-state index in [1.54, 1.807) is 0 Å². The molecule has 4 nitrogen and oxygen atoms in total. The predicted octanol–water partition coefficient (Wildman–Crippen LogP) is 4.19. The molecule has 1 aromatic carbocycles. The lowest BCUT2D eigenvalue weighted by Crippen LogP contribution is -2.02. The molecule has 1 rings (SSSR count). The van der Waals surface area contributed by atoms with Crippen LogP contribution in [0.5, 0.6) is 0 Å². The molecule has 0 aliphatic rings. The lowest BCUT2D eigenvalue weighted by Gasteiger charge is -1.98. The number of carboxylic acid groups (broad SMARTS) is 1. The molecule has 0 saturated heterocycles. The summed E-state index contributed by atoms with van der Waals surface area (Å²) in [6.45, 7) is 10.3. The minimum absolute atomic E-state index is 0.0647. The van der Waals surface area contributed by atoms with Gasteiger partial charge < -0.3 is 9.84 Å². The SMILES string of the molecule is C=C(CC=Cc1ccccc1)C(=O)OC.C=CC=CC(=C)C(=O)O. The number of carbonyl (C=O) groups is 2. The van der Waals surface area contributed by atoms with Crippen LogP contribution in [0.25, 0.3) is 6.08 Å². The number of ether oxygens (including phenoxy) is 1. The van der Waals surface area contributed by atoms with E-state index in [4.69, 9.17) is 5.11 Å². The first kappa shape index (κ1) is 20.9. The Labute approximate surface area is 142 Å². The minimum atomic E-state index is -1.01. The quantitative estimate of drug-likeness (QED) is 0.463. The van der Waals surface area contributed by atoms with Crippen LogP contribution in [-0.2, 0) is 14.3 Å². The van der Waals surface area contributed by atoms with Crippen molar-refractivity contribution in [3.63, 3.8) is 0 Å². The molecule has 0 bridgehead atoms. The summed E-state index contributed by atoms with van der Waals surface area (Å²) in [5, 5.41) is 8.22. The zero-order valence-electron chi connectivity index (χ0n) is 13.8. The number of carboxylic acids is 1. The Morgan fingerprint density at radius 3 is 2.33 bits per heavy atom. The molecule has 0 spiro atoms. The van der Waals surface area contributed by atoms with Crippen molar-refractivity contribution in [1.82, 2.24) is 0 Å². The van der Waals surface area contributed by atoms with Gasteiger partial charge in [0, 0.05) is 5.57 Å². The fourth-order valence-electron chi connectivity index (χ4n) is 1.38. The highest BCUT2D eigenvalue weighted by molar-refractivity contribution is 5.89. The van der Waals surface area contributed by atoms with Crippen molar-refractivity contribution in [2.45, 2.75) is 6.42 Å². The van der Waals surface area contributed by atoms with Crippen molar-refractivity contribution in [3.8, 4) is 0 Å². The summed E-state index contributed by atoms with van der Waals surface area (Å²) in [5.74, 6) is -1.36. The van der Waals surface area contributed by atoms with Crippen molar-refractivity contribution >= 4 is 18.0 Å². The maximum absolute atomic E-state index is 11.0. The fourth-order valence-corrected chi connectivity index (χ4v) is 1.38. The van der Waals surface area contributed by atoms with Gasteiger partial charge >= 0.3 is 11.9 Å². The number of hydrogen-bond acceptors (Lipinski definition) is 3. The minimum Gasteiger partial charge on any atom is -0.478 e. The van der Waals surface area contributed by atoms with E-state index in [9.17, 15) is 9.59 Å². The molecule has 0 atom stereocenters. The van der Waals surface area contributed by atoms with Gasteiger partial charge in [0.2, 0.25) is 0 Å². The topological polar surface area (TPSA) is 63.6 Å². The highest BCUT2D eigenvalue weighted by atomic mass is 16.5. The van der Waals surface area contributed by atoms with Crippen LogP contribution in [0.15, 0.2) is 85.5 Å². The average molecular weight is 326 g/mol. The molecule has 0 aliphatic carbocycles. The highest BCUT2D eigenvalue weighted by Gasteiger charge is 2.02. The van der Waals surface area contributed by atoms with Gasteiger partial charge in [-0.3, -0.25) is 0 Å². The van der Waals surface area contributed by atoms with Crippen LogP contribution in [0.2, 0.25) is 0 Å². The van der Waals surface area contributed by atoms with E-state index in [1.165, 1.54) is 25.3 Å². The molecule has 0 saturated carbocycles. The van der Waals surface area contributed by atoms with Crippen molar-refractivity contribution in [3.05, 3.63) is 91.1 Å². The second-order valence-corrected chi connectivity index (χ2v) is 4.54. The predicted molar refractivity (Wildman–Crippen MR) is 97.4 cm³/mol.